The Hall–Kier alpha value is -1.54. The number of hydrogen-bond donors (Lipinski definition) is 1. The minimum atomic E-state index is -5.08. The average molecular weight is 319 g/mol. The molecule has 1 aromatic carbocycles. The average Bonchev–Trinajstić information content (AvgIpc) is 2.79. The van der Waals surface area contributed by atoms with E-state index in [1.165, 1.54) is 6.92 Å². The molecule has 2 atom stereocenters. The molecule has 0 spiro atoms. The number of hydrogen-bond acceptors (Lipinski definition) is 5. The summed E-state index contributed by atoms with van der Waals surface area (Å²) in [6.07, 6.45) is -5.08. The third kappa shape index (κ3) is 2.91. The third-order valence-electron chi connectivity index (χ3n) is 2.81. The summed E-state index contributed by atoms with van der Waals surface area (Å²) in [4.78, 5) is 15.1. The number of thioether (sulfide) groups is 1. The maximum atomic E-state index is 13.1. The van der Waals surface area contributed by atoms with Crippen molar-refractivity contribution in [2.75, 3.05) is 6.61 Å². The molecular formula is C13H12F3NO3S. The Morgan fingerprint density at radius 3 is 2.57 bits per heavy atom. The highest BCUT2D eigenvalue weighted by atomic mass is 32.2. The number of carbonyl (C=O) groups is 1. The van der Waals surface area contributed by atoms with Crippen LogP contribution in [0.2, 0.25) is 0 Å². The van der Waals surface area contributed by atoms with Crippen molar-refractivity contribution in [3.8, 4) is 0 Å². The van der Waals surface area contributed by atoms with Crippen LogP contribution in [0.5, 0.6) is 0 Å². The molecule has 1 aliphatic rings. The Labute approximate surface area is 123 Å². The van der Waals surface area contributed by atoms with Gasteiger partial charge in [-0.3, -0.25) is 4.79 Å². The van der Waals surface area contributed by atoms with Gasteiger partial charge < -0.3 is 9.84 Å². The van der Waals surface area contributed by atoms with Gasteiger partial charge in [-0.2, -0.15) is 13.2 Å². The molecule has 0 saturated carbocycles. The van der Waals surface area contributed by atoms with E-state index in [4.69, 9.17) is 0 Å². The second kappa shape index (κ2) is 5.69. The summed E-state index contributed by atoms with van der Waals surface area (Å²) in [6, 6.07) is 8.06. The minimum absolute atomic E-state index is 0.0477. The smallest absolute Gasteiger partial charge is 0.440 e. The summed E-state index contributed by atoms with van der Waals surface area (Å²) in [5, 5.41) is 7.97. The van der Waals surface area contributed by atoms with Crippen molar-refractivity contribution in [3.05, 3.63) is 35.9 Å². The van der Waals surface area contributed by atoms with Gasteiger partial charge in [0.1, 0.15) is 5.04 Å². The molecular weight excluding hydrogens is 307 g/mol. The van der Waals surface area contributed by atoms with Crippen molar-refractivity contribution in [1.29, 1.82) is 0 Å². The lowest BCUT2D eigenvalue weighted by Gasteiger charge is -2.27. The highest BCUT2D eigenvalue weighted by molar-refractivity contribution is 8.15. The van der Waals surface area contributed by atoms with E-state index in [1.54, 1.807) is 30.3 Å². The van der Waals surface area contributed by atoms with Crippen LogP contribution in [0.1, 0.15) is 12.5 Å². The van der Waals surface area contributed by atoms with Gasteiger partial charge in [-0.15, -0.1) is 0 Å². The summed E-state index contributed by atoms with van der Waals surface area (Å²) in [5.74, 6) is -1.14. The lowest BCUT2D eigenvalue weighted by Crippen LogP contribution is -2.53. The van der Waals surface area contributed by atoms with Gasteiger partial charge in [-0.25, -0.2) is 4.99 Å². The Bertz CT molecular complexity index is 562. The SMILES string of the molecule is CCOC(=O)C1SC(c2ccccc2)=NC1(O)C(F)(F)F. The Morgan fingerprint density at radius 1 is 1.43 bits per heavy atom. The standard InChI is InChI=1S/C13H12F3NO3S/c1-2-20-11(18)9-12(19,13(14,15)16)17-10(21-9)8-6-4-3-5-7-8/h3-7,9,19H,2H2,1H3. The Morgan fingerprint density at radius 2 is 2.05 bits per heavy atom. The number of carbonyl (C=O) groups excluding carboxylic acids is 1. The van der Waals surface area contributed by atoms with E-state index in [0.29, 0.717) is 17.3 Å². The molecule has 4 nitrogen and oxygen atoms in total. The first-order valence-corrected chi connectivity index (χ1v) is 6.95. The van der Waals surface area contributed by atoms with Gasteiger partial charge in [0.2, 0.25) is 0 Å². The summed E-state index contributed by atoms with van der Waals surface area (Å²) in [5.41, 5.74) is -3.08. The maximum Gasteiger partial charge on any atom is 0.440 e. The van der Waals surface area contributed by atoms with Gasteiger partial charge in [-0.05, 0) is 6.92 Å². The fraction of sp³-hybridized carbons (Fsp3) is 0.385. The molecule has 1 heterocycles. The number of benzene rings is 1. The molecule has 1 N–H and O–H groups in total. The fourth-order valence-corrected chi connectivity index (χ4v) is 2.99. The van der Waals surface area contributed by atoms with E-state index in [-0.39, 0.29) is 11.7 Å². The first-order valence-electron chi connectivity index (χ1n) is 6.07. The molecule has 2 rings (SSSR count). The zero-order valence-electron chi connectivity index (χ0n) is 10.9. The second-order valence-corrected chi connectivity index (χ2v) is 5.35. The normalized spacial score (nSPS) is 25.6. The largest absolute Gasteiger partial charge is 0.465 e. The first-order chi connectivity index (χ1) is 9.79. The van der Waals surface area contributed by atoms with Gasteiger partial charge >= 0.3 is 12.1 Å². The number of ether oxygens (including phenoxy) is 1. The van der Waals surface area contributed by atoms with Crippen molar-refractivity contribution in [1.82, 2.24) is 0 Å². The maximum absolute atomic E-state index is 13.1. The first kappa shape index (κ1) is 15.8. The van der Waals surface area contributed by atoms with E-state index in [1.807, 2.05) is 0 Å². The van der Waals surface area contributed by atoms with Crippen molar-refractivity contribution >= 4 is 22.8 Å². The van der Waals surface area contributed by atoms with Gasteiger partial charge in [0.05, 0.1) is 6.61 Å². The van der Waals surface area contributed by atoms with Gasteiger partial charge in [0, 0.05) is 5.56 Å². The summed E-state index contributed by atoms with van der Waals surface area (Å²) in [6.45, 7) is 1.40. The van der Waals surface area contributed by atoms with Gasteiger partial charge in [-0.1, -0.05) is 42.1 Å². The van der Waals surface area contributed by atoms with E-state index in [2.05, 4.69) is 9.73 Å². The molecule has 0 aliphatic carbocycles. The van der Waals surface area contributed by atoms with E-state index in [9.17, 15) is 23.1 Å². The van der Waals surface area contributed by atoms with Crippen molar-refractivity contribution in [2.24, 2.45) is 4.99 Å². The molecule has 0 fully saturated rings. The van der Waals surface area contributed by atoms with Crippen molar-refractivity contribution in [2.45, 2.75) is 24.1 Å². The lowest BCUT2D eigenvalue weighted by atomic mass is 10.1. The van der Waals surface area contributed by atoms with E-state index in [0.717, 1.165) is 0 Å². The second-order valence-electron chi connectivity index (χ2n) is 4.26. The predicted molar refractivity (Wildman–Crippen MR) is 72.0 cm³/mol. The molecule has 0 radical (unpaired) electrons. The zero-order chi connectivity index (χ0) is 15.7. The van der Waals surface area contributed by atoms with Crippen LogP contribution in [0.15, 0.2) is 35.3 Å². The summed E-state index contributed by atoms with van der Waals surface area (Å²) >= 11 is 0.551. The van der Waals surface area contributed by atoms with Crippen LogP contribution >= 0.6 is 11.8 Å². The topological polar surface area (TPSA) is 58.9 Å². The quantitative estimate of drug-likeness (QED) is 0.869. The number of esters is 1. The predicted octanol–water partition coefficient (Wildman–Crippen LogP) is 2.36. The molecule has 114 valence electrons. The number of alkyl halides is 3. The van der Waals surface area contributed by atoms with Crippen LogP contribution in [0, 0.1) is 0 Å². The number of aliphatic hydroxyl groups is 1. The minimum Gasteiger partial charge on any atom is -0.465 e. The molecule has 0 saturated heterocycles. The molecule has 1 aliphatic heterocycles. The van der Waals surface area contributed by atoms with Crippen LogP contribution in [0.4, 0.5) is 13.2 Å². The van der Waals surface area contributed by atoms with Crippen LogP contribution < -0.4 is 0 Å². The number of halogens is 3. The van der Waals surface area contributed by atoms with Crippen LogP contribution in [0.3, 0.4) is 0 Å². The van der Waals surface area contributed by atoms with Crippen LogP contribution in [-0.2, 0) is 9.53 Å². The van der Waals surface area contributed by atoms with Crippen LogP contribution in [-0.4, -0.2) is 39.9 Å². The third-order valence-corrected chi connectivity index (χ3v) is 4.11. The Balaban J connectivity index is 2.41. The zero-order valence-corrected chi connectivity index (χ0v) is 11.7. The molecule has 2 unspecified atom stereocenters. The van der Waals surface area contributed by atoms with Crippen molar-refractivity contribution < 1.29 is 27.8 Å². The molecule has 0 amide bonds. The summed E-state index contributed by atoms with van der Waals surface area (Å²) < 4.78 is 43.9. The van der Waals surface area contributed by atoms with Crippen LogP contribution in [0.25, 0.3) is 0 Å². The number of aliphatic imine (C=N–C) groups is 1. The monoisotopic (exact) mass is 319 g/mol. The highest BCUT2D eigenvalue weighted by Gasteiger charge is 2.65. The molecule has 0 bridgehead atoms. The highest BCUT2D eigenvalue weighted by Crippen LogP contribution is 2.46. The van der Waals surface area contributed by atoms with Gasteiger partial charge in [0.25, 0.3) is 5.72 Å². The molecule has 0 aromatic heterocycles. The fourth-order valence-electron chi connectivity index (χ4n) is 1.79. The van der Waals surface area contributed by atoms with Gasteiger partial charge in [0.15, 0.2) is 5.25 Å². The molecule has 1 aromatic rings. The molecule has 8 heteroatoms. The molecule has 21 heavy (non-hydrogen) atoms. The number of nitrogens with zero attached hydrogens (tertiary/aromatic N) is 1. The number of rotatable bonds is 3. The van der Waals surface area contributed by atoms with E-state index >= 15 is 0 Å². The van der Waals surface area contributed by atoms with E-state index < -0.39 is 23.1 Å². The summed E-state index contributed by atoms with van der Waals surface area (Å²) in [7, 11) is 0. The Kier molecular flexibility index (Phi) is 4.29. The lowest BCUT2D eigenvalue weighted by molar-refractivity contribution is -0.256. The van der Waals surface area contributed by atoms with Crippen molar-refractivity contribution in [3.63, 3.8) is 0 Å².